The summed E-state index contributed by atoms with van der Waals surface area (Å²) in [7, 11) is 1.70. The van der Waals surface area contributed by atoms with Gasteiger partial charge in [0.2, 0.25) is 0 Å². The van der Waals surface area contributed by atoms with Crippen LogP contribution in [0.25, 0.3) is 10.9 Å². The SMILES string of the molecule is CCCCCN(C(=O)NCCCC)C(C)c1nc2cc(Cl)ccc2c(=O)n1C. The molecule has 2 rings (SSSR count). The summed E-state index contributed by atoms with van der Waals surface area (Å²) in [6.45, 7) is 7.41. The van der Waals surface area contributed by atoms with E-state index >= 15 is 0 Å². The molecule has 2 amide bonds. The van der Waals surface area contributed by atoms with E-state index in [2.05, 4.69) is 24.1 Å². The molecule has 0 radical (unpaired) electrons. The molecular formula is C21H31ClN4O2. The lowest BCUT2D eigenvalue weighted by atomic mass is 10.2. The van der Waals surface area contributed by atoms with Gasteiger partial charge in [0.1, 0.15) is 5.82 Å². The first-order chi connectivity index (χ1) is 13.4. The zero-order chi connectivity index (χ0) is 20.7. The van der Waals surface area contributed by atoms with Gasteiger partial charge in [-0.15, -0.1) is 0 Å². The third-order valence-electron chi connectivity index (χ3n) is 4.98. The fraction of sp³-hybridized carbons (Fsp3) is 0.571. The van der Waals surface area contributed by atoms with E-state index in [0.717, 1.165) is 32.1 Å². The van der Waals surface area contributed by atoms with Crippen LogP contribution in [0.1, 0.15) is 64.7 Å². The van der Waals surface area contributed by atoms with Gasteiger partial charge >= 0.3 is 6.03 Å². The number of aromatic nitrogens is 2. The van der Waals surface area contributed by atoms with Crippen molar-refractivity contribution in [2.24, 2.45) is 7.05 Å². The second-order valence-electron chi connectivity index (χ2n) is 7.16. The quantitative estimate of drug-likeness (QED) is 0.616. The molecule has 1 N–H and O–H groups in total. The molecular weight excluding hydrogens is 376 g/mol. The summed E-state index contributed by atoms with van der Waals surface area (Å²) in [6, 6.07) is 4.63. The number of rotatable bonds is 9. The number of halogens is 1. The first-order valence-electron chi connectivity index (χ1n) is 10.1. The maximum absolute atomic E-state index is 12.8. The number of nitrogens with one attached hydrogen (secondary N) is 1. The van der Waals surface area contributed by atoms with Crippen LogP contribution in [-0.4, -0.2) is 33.6 Å². The summed E-state index contributed by atoms with van der Waals surface area (Å²) in [5.74, 6) is 0.557. The van der Waals surface area contributed by atoms with Gasteiger partial charge in [0.05, 0.1) is 16.9 Å². The second kappa shape index (κ2) is 10.5. The van der Waals surface area contributed by atoms with E-state index < -0.39 is 0 Å². The standard InChI is InChI=1S/C21H31ClN4O2/c1-5-7-9-13-26(21(28)23-12-8-6-2)15(3)19-24-18-14-16(22)10-11-17(18)20(27)25(19)4/h10-11,14-15H,5-9,12-13H2,1-4H3,(H,23,28). The normalized spacial score (nSPS) is 12.2. The molecule has 0 aliphatic rings. The smallest absolute Gasteiger partial charge is 0.318 e. The van der Waals surface area contributed by atoms with Gasteiger partial charge in [-0.25, -0.2) is 9.78 Å². The molecule has 0 aliphatic heterocycles. The highest BCUT2D eigenvalue weighted by molar-refractivity contribution is 6.31. The number of unbranched alkanes of at least 4 members (excludes halogenated alkanes) is 3. The zero-order valence-electron chi connectivity index (χ0n) is 17.3. The maximum atomic E-state index is 12.8. The Morgan fingerprint density at radius 1 is 1.25 bits per heavy atom. The van der Waals surface area contributed by atoms with E-state index in [-0.39, 0.29) is 17.6 Å². The number of carbonyl (C=O) groups excluding carboxylic acids is 1. The predicted octanol–water partition coefficient (Wildman–Crippen LogP) is 4.65. The van der Waals surface area contributed by atoms with Crippen molar-refractivity contribution >= 4 is 28.5 Å². The van der Waals surface area contributed by atoms with Crippen LogP contribution in [0.4, 0.5) is 4.79 Å². The van der Waals surface area contributed by atoms with Crippen LogP contribution < -0.4 is 10.9 Å². The lowest BCUT2D eigenvalue weighted by Gasteiger charge is -2.30. The first kappa shape index (κ1) is 22.2. The summed E-state index contributed by atoms with van der Waals surface area (Å²) >= 11 is 6.09. The molecule has 1 aromatic heterocycles. The van der Waals surface area contributed by atoms with E-state index in [1.807, 2.05) is 6.92 Å². The Kier molecular flexibility index (Phi) is 8.30. The summed E-state index contributed by atoms with van der Waals surface area (Å²) < 4.78 is 1.53. The van der Waals surface area contributed by atoms with Gasteiger partial charge in [0.25, 0.3) is 5.56 Å². The van der Waals surface area contributed by atoms with Gasteiger partial charge in [-0.2, -0.15) is 0 Å². The van der Waals surface area contributed by atoms with E-state index in [1.165, 1.54) is 4.57 Å². The predicted molar refractivity (Wildman–Crippen MR) is 115 cm³/mol. The van der Waals surface area contributed by atoms with Crippen molar-refractivity contribution in [3.63, 3.8) is 0 Å². The third-order valence-corrected chi connectivity index (χ3v) is 5.22. The van der Waals surface area contributed by atoms with Gasteiger partial charge in [-0.05, 0) is 38.0 Å². The number of nitrogens with zero attached hydrogens (tertiary/aromatic N) is 3. The molecule has 0 fully saturated rings. The van der Waals surface area contributed by atoms with Crippen LogP contribution in [-0.2, 0) is 7.05 Å². The van der Waals surface area contributed by atoms with Crippen LogP contribution in [0.2, 0.25) is 5.02 Å². The minimum Gasteiger partial charge on any atom is -0.338 e. The van der Waals surface area contributed by atoms with Gasteiger partial charge < -0.3 is 10.2 Å². The first-order valence-corrected chi connectivity index (χ1v) is 10.5. The molecule has 2 aromatic rings. The highest BCUT2D eigenvalue weighted by Gasteiger charge is 2.25. The molecule has 1 aromatic carbocycles. The van der Waals surface area contributed by atoms with E-state index in [9.17, 15) is 9.59 Å². The Hall–Kier alpha value is -2.08. The van der Waals surface area contributed by atoms with Gasteiger partial charge in [-0.3, -0.25) is 9.36 Å². The van der Waals surface area contributed by atoms with Crippen molar-refractivity contribution in [1.82, 2.24) is 19.8 Å². The molecule has 6 nitrogen and oxygen atoms in total. The number of benzene rings is 1. The van der Waals surface area contributed by atoms with Crippen molar-refractivity contribution in [3.8, 4) is 0 Å². The average Bonchev–Trinajstić information content (AvgIpc) is 2.67. The van der Waals surface area contributed by atoms with Crippen LogP contribution in [0.3, 0.4) is 0 Å². The van der Waals surface area contributed by atoms with Gasteiger partial charge in [0, 0.05) is 25.2 Å². The largest absolute Gasteiger partial charge is 0.338 e. The van der Waals surface area contributed by atoms with Gasteiger partial charge in [0.15, 0.2) is 0 Å². The average molecular weight is 407 g/mol. The fourth-order valence-corrected chi connectivity index (χ4v) is 3.42. The lowest BCUT2D eigenvalue weighted by Crippen LogP contribution is -2.44. The van der Waals surface area contributed by atoms with Crippen LogP contribution in [0, 0.1) is 0 Å². The van der Waals surface area contributed by atoms with Crippen LogP contribution >= 0.6 is 11.6 Å². The van der Waals surface area contributed by atoms with Crippen molar-refractivity contribution in [3.05, 3.63) is 39.4 Å². The van der Waals surface area contributed by atoms with Crippen molar-refractivity contribution in [1.29, 1.82) is 0 Å². The Balaban J connectivity index is 2.38. The number of hydrogen-bond donors (Lipinski definition) is 1. The topological polar surface area (TPSA) is 67.2 Å². The Bertz CT molecular complexity index is 865. The summed E-state index contributed by atoms with van der Waals surface area (Å²) in [4.78, 5) is 32.1. The maximum Gasteiger partial charge on any atom is 0.318 e. The molecule has 1 unspecified atom stereocenters. The fourth-order valence-electron chi connectivity index (χ4n) is 3.25. The Morgan fingerprint density at radius 3 is 2.64 bits per heavy atom. The molecule has 0 aliphatic carbocycles. The molecule has 1 atom stereocenters. The minimum absolute atomic E-state index is 0.113. The highest BCUT2D eigenvalue weighted by atomic mass is 35.5. The van der Waals surface area contributed by atoms with E-state index in [0.29, 0.717) is 34.8 Å². The number of fused-ring (bicyclic) bond motifs is 1. The van der Waals surface area contributed by atoms with Crippen molar-refractivity contribution < 1.29 is 4.79 Å². The number of urea groups is 1. The van der Waals surface area contributed by atoms with Crippen molar-refractivity contribution in [2.45, 2.75) is 58.9 Å². The van der Waals surface area contributed by atoms with E-state index in [4.69, 9.17) is 11.6 Å². The molecule has 1 heterocycles. The molecule has 28 heavy (non-hydrogen) atoms. The minimum atomic E-state index is -0.334. The highest BCUT2D eigenvalue weighted by Crippen LogP contribution is 2.22. The Morgan fingerprint density at radius 2 is 1.96 bits per heavy atom. The number of amides is 2. The molecule has 0 saturated carbocycles. The summed E-state index contributed by atoms with van der Waals surface area (Å²) in [5.41, 5.74) is 0.417. The Labute approximate surface area is 171 Å². The zero-order valence-corrected chi connectivity index (χ0v) is 18.1. The molecule has 0 bridgehead atoms. The molecule has 154 valence electrons. The third kappa shape index (κ3) is 5.25. The van der Waals surface area contributed by atoms with Gasteiger partial charge in [-0.1, -0.05) is 44.7 Å². The molecule has 0 saturated heterocycles. The lowest BCUT2D eigenvalue weighted by molar-refractivity contribution is 0.173. The monoisotopic (exact) mass is 406 g/mol. The second-order valence-corrected chi connectivity index (χ2v) is 7.59. The summed E-state index contributed by atoms with van der Waals surface area (Å²) in [5, 5.41) is 4.04. The number of carbonyl (C=O) groups is 1. The summed E-state index contributed by atoms with van der Waals surface area (Å²) in [6.07, 6.45) is 4.99. The van der Waals surface area contributed by atoms with Crippen LogP contribution in [0.5, 0.6) is 0 Å². The van der Waals surface area contributed by atoms with Crippen LogP contribution in [0.15, 0.2) is 23.0 Å². The van der Waals surface area contributed by atoms with Crippen molar-refractivity contribution in [2.75, 3.05) is 13.1 Å². The molecule has 7 heteroatoms. The van der Waals surface area contributed by atoms with E-state index in [1.54, 1.807) is 30.1 Å². The molecule has 0 spiro atoms. The number of hydrogen-bond acceptors (Lipinski definition) is 3.